The summed E-state index contributed by atoms with van der Waals surface area (Å²) in [7, 11) is 0. The lowest BCUT2D eigenvalue weighted by Crippen LogP contribution is -2.30. The van der Waals surface area contributed by atoms with Crippen LogP contribution in [0.25, 0.3) is 0 Å². The van der Waals surface area contributed by atoms with E-state index < -0.39 is 11.7 Å². The van der Waals surface area contributed by atoms with Gasteiger partial charge in [0.25, 0.3) is 0 Å². The van der Waals surface area contributed by atoms with Gasteiger partial charge in [0.05, 0.1) is 5.56 Å². The summed E-state index contributed by atoms with van der Waals surface area (Å²) in [6, 6.07) is 4.37. The van der Waals surface area contributed by atoms with Crippen molar-refractivity contribution in [3.63, 3.8) is 0 Å². The van der Waals surface area contributed by atoms with Crippen LogP contribution in [0.2, 0.25) is 0 Å². The third-order valence-corrected chi connectivity index (χ3v) is 3.66. The largest absolute Gasteiger partial charge is 0.416 e. The molecule has 1 aliphatic heterocycles. The lowest BCUT2D eigenvalue weighted by Gasteiger charge is -2.30. The molecule has 1 heterocycles. The number of nitrogens with zero attached hydrogens (tertiary/aromatic N) is 1. The van der Waals surface area contributed by atoms with Crippen molar-refractivity contribution >= 4 is 5.69 Å². The van der Waals surface area contributed by atoms with Gasteiger partial charge in [0.2, 0.25) is 0 Å². The highest BCUT2D eigenvalue weighted by atomic mass is 19.4. The maximum atomic E-state index is 13.2. The van der Waals surface area contributed by atoms with Crippen LogP contribution < -0.4 is 10.6 Å². The molecule has 0 amide bonds. The second-order valence-corrected chi connectivity index (χ2v) is 5.57. The third-order valence-electron chi connectivity index (χ3n) is 3.66. The van der Waals surface area contributed by atoms with Crippen LogP contribution >= 0.6 is 0 Å². The molecule has 0 bridgehead atoms. The van der Waals surface area contributed by atoms with Crippen LogP contribution in [0.15, 0.2) is 18.2 Å². The molecular formula is C15H21F3N2. The summed E-state index contributed by atoms with van der Waals surface area (Å²) in [6.07, 6.45) is -0.831. The Kier molecular flexibility index (Phi) is 4.58. The third kappa shape index (κ3) is 3.66. The predicted molar refractivity (Wildman–Crippen MR) is 74.9 cm³/mol. The van der Waals surface area contributed by atoms with Crippen molar-refractivity contribution in [3.05, 3.63) is 29.3 Å². The van der Waals surface area contributed by atoms with Gasteiger partial charge in [-0.05, 0) is 50.3 Å². The summed E-state index contributed by atoms with van der Waals surface area (Å²) < 4.78 is 39.6. The molecule has 0 aliphatic carbocycles. The summed E-state index contributed by atoms with van der Waals surface area (Å²) in [6.45, 7) is 3.40. The minimum absolute atomic E-state index is 0.245. The molecule has 2 nitrogen and oxygen atoms in total. The molecule has 1 fully saturated rings. The van der Waals surface area contributed by atoms with Crippen molar-refractivity contribution < 1.29 is 13.2 Å². The Balaban J connectivity index is 2.32. The Morgan fingerprint density at radius 1 is 1.20 bits per heavy atom. The van der Waals surface area contributed by atoms with Gasteiger partial charge in [-0.3, -0.25) is 0 Å². The summed E-state index contributed by atoms with van der Waals surface area (Å²) in [5.41, 5.74) is 6.05. The number of alkyl halides is 3. The van der Waals surface area contributed by atoms with Crippen LogP contribution in [0.1, 0.15) is 37.3 Å². The van der Waals surface area contributed by atoms with E-state index in [-0.39, 0.29) is 18.0 Å². The SMILES string of the molecule is CC(N)Cc1ccc(N2CCCCC2)cc1C(F)(F)F. The Hall–Kier alpha value is -1.23. The van der Waals surface area contributed by atoms with Crippen molar-refractivity contribution in [2.24, 2.45) is 5.73 Å². The number of hydrogen-bond acceptors (Lipinski definition) is 2. The Morgan fingerprint density at radius 2 is 1.85 bits per heavy atom. The van der Waals surface area contributed by atoms with E-state index in [2.05, 4.69) is 0 Å². The van der Waals surface area contributed by atoms with E-state index in [1.165, 1.54) is 6.07 Å². The fourth-order valence-electron chi connectivity index (χ4n) is 2.70. The Morgan fingerprint density at radius 3 is 2.40 bits per heavy atom. The second-order valence-electron chi connectivity index (χ2n) is 5.57. The molecule has 1 unspecified atom stereocenters. The van der Waals surface area contributed by atoms with E-state index in [4.69, 9.17) is 5.73 Å². The number of rotatable bonds is 3. The first-order chi connectivity index (χ1) is 9.38. The normalized spacial score (nSPS) is 18.1. The molecule has 2 N–H and O–H groups in total. The molecule has 1 atom stereocenters. The zero-order chi connectivity index (χ0) is 14.8. The standard InChI is InChI=1S/C15H21F3N2/c1-11(19)9-12-5-6-13(10-14(12)15(16,17)18)20-7-3-2-4-8-20/h5-6,10-11H,2-4,7-9,19H2,1H3. The van der Waals surface area contributed by atoms with Crippen LogP contribution in [0.5, 0.6) is 0 Å². The number of hydrogen-bond donors (Lipinski definition) is 1. The number of piperidine rings is 1. The number of anilines is 1. The van der Waals surface area contributed by atoms with E-state index >= 15 is 0 Å². The lowest BCUT2D eigenvalue weighted by atomic mass is 9.99. The maximum Gasteiger partial charge on any atom is 0.416 e. The molecule has 5 heteroatoms. The fourth-order valence-corrected chi connectivity index (χ4v) is 2.70. The van der Waals surface area contributed by atoms with E-state index in [9.17, 15) is 13.2 Å². The average Bonchev–Trinajstić information content (AvgIpc) is 2.38. The van der Waals surface area contributed by atoms with E-state index in [0.29, 0.717) is 5.69 Å². The van der Waals surface area contributed by atoms with Gasteiger partial charge in [-0.2, -0.15) is 13.2 Å². The van der Waals surface area contributed by atoms with Crippen molar-refractivity contribution in [2.45, 2.75) is 44.8 Å². The van der Waals surface area contributed by atoms with Gasteiger partial charge < -0.3 is 10.6 Å². The lowest BCUT2D eigenvalue weighted by molar-refractivity contribution is -0.138. The summed E-state index contributed by atoms with van der Waals surface area (Å²) >= 11 is 0. The van der Waals surface area contributed by atoms with Gasteiger partial charge >= 0.3 is 6.18 Å². The highest BCUT2D eigenvalue weighted by Crippen LogP contribution is 2.35. The molecule has 1 aliphatic rings. The smallest absolute Gasteiger partial charge is 0.372 e. The van der Waals surface area contributed by atoms with Gasteiger partial charge in [0, 0.05) is 24.8 Å². The topological polar surface area (TPSA) is 29.3 Å². The zero-order valence-electron chi connectivity index (χ0n) is 11.7. The number of benzene rings is 1. The van der Waals surface area contributed by atoms with Gasteiger partial charge in [-0.15, -0.1) is 0 Å². The average molecular weight is 286 g/mol. The molecule has 112 valence electrons. The molecule has 2 rings (SSSR count). The number of nitrogens with two attached hydrogens (primary N) is 1. The van der Waals surface area contributed by atoms with Gasteiger partial charge in [0.15, 0.2) is 0 Å². The van der Waals surface area contributed by atoms with Crippen LogP contribution in [-0.2, 0) is 12.6 Å². The molecule has 1 aromatic rings. The second kappa shape index (κ2) is 6.04. The predicted octanol–water partition coefficient (Wildman–Crippen LogP) is 3.59. The van der Waals surface area contributed by atoms with Crippen molar-refractivity contribution in [3.8, 4) is 0 Å². The molecular weight excluding hydrogens is 265 g/mol. The first-order valence-electron chi connectivity index (χ1n) is 7.08. The molecule has 0 aromatic heterocycles. The number of halogens is 3. The van der Waals surface area contributed by atoms with E-state index in [1.54, 1.807) is 19.1 Å². The van der Waals surface area contributed by atoms with Crippen LogP contribution in [0.4, 0.5) is 18.9 Å². The summed E-state index contributed by atoms with van der Waals surface area (Å²) in [5.74, 6) is 0. The quantitative estimate of drug-likeness (QED) is 0.920. The maximum absolute atomic E-state index is 13.2. The monoisotopic (exact) mass is 286 g/mol. The van der Waals surface area contributed by atoms with E-state index in [1.807, 2.05) is 4.90 Å². The van der Waals surface area contributed by atoms with Crippen molar-refractivity contribution in [1.82, 2.24) is 0 Å². The van der Waals surface area contributed by atoms with E-state index in [0.717, 1.165) is 32.4 Å². The summed E-state index contributed by atoms with van der Waals surface area (Å²) in [4.78, 5) is 2.04. The minimum Gasteiger partial charge on any atom is -0.372 e. The first kappa shape index (κ1) is 15.2. The van der Waals surface area contributed by atoms with Crippen molar-refractivity contribution in [1.29, 1.82) is 0 Å². The van der Waals surface area contributed by atoms with Crippen molar-refractivity contribution in [2.75, 3.05) is 18.0 Å². The molecule has 0 saturated carbocycles. The first-order valence-corrected chi connectivity index (χ1v) is 7.08. The van der Waals surface area contributed by atoms with Gasteiger partial charge in [-0.1, -0.05) is 6.07 Å². The molecule has 1 aromatic carbocycles. The Bertz CT molecular complexity index is 449. The van der Waals surface area contributed by atoms with Crippen LogP contribution in [0, 0.1) is 0 Å². The van der Waals surface area contributed by atoms with Gasteiger partial charge in [0.1, 0.15) is 0 Å². The molecule has 1 saturated heterocycles. The molecule has 20 heavy (non-hydrogen) atoms. The van der Waals surface area contributed by atoms with Crippen LogP contribution in [-0.4, -0.2) is 19.1 Å². The molecule has 0 spiro atoms. The zero-order valence-corrected chi connectivity index (χ0v) is 11.7. The van der Waals surface area contributed by atoms with Crippen LogP contribution in [0.3, 0.4) is 0 Å². The Labute approximate surface area is 117 Å². The highest BCUT2D eigenvalue weighted by molar-refractivity contribution is 5.52. The van der Waals surface area contributed by atoms with Gasteiger partial charge in [-0.25, -0.2) is 0 Å². The highest BCUT2D eigenvalue weighted by Gasteiger charge is 2.34. The fraction of sp³-hybridized carbons (Fsp3) is 0.600. The summed E-state index contributed by atoms with van der Waals surface area (Å²) in [5, 5.41) is 0. The minimum atomic E-state index is -4.32. The molecule has 0 radical (unpaired) electrons.